The van der Waals surface area contributed by atoms with E-state index in [4.69, 9.17) is 9.84 Å². The van der Waals surface area contributed by atoms with Crippen molar-refractivity contribution in [1.29, 1.82) is 0 Å². The standard InChI is InChI=1S/C15H14O5/c16-12-10-4-2-1-3-9(10)5-6-11(12)20-14(19)15(7-8-15)13(17)18/h1-4,11H,5-8H2,(H,17,18). The molecule has 2 aliphatic rings. The van der Waals surface area contributed by atoms with E-state index in [-0.39, 0.29) is 5.78 Å². The maximum absolute atomic E-state index is 12.2. The van der Waals surface area contributed by atoms with E-state index in [0.717, 1.165) is 5.56 Å². The molecule has 1 aromatic carbocycles. The smallest absolute Gasteiger partial charge is 0.324 e. The summed E-state index contributed by atoms with van der Waals surface area (Å²) in [6.45, 7) is 0. The van der Waals surface area contributed by atoms with Crippen molar-refractivity contribution in [3.8, 4) is 0 Å². The zero-order valence-corrected chi connectivity index (χ0v) is 10.8. The number of esters is 1. The minimum atomic E-state index is -1.41. The second-order valence-corrected chi connectivity index (χ2v) is 5.34. The lowest BCUT2D eigenvalue weighted by Gasteiger charge is -2.24. The van der Waals surface area contributed by atoms with Crippen LogP contribution in [0.25, 0.3) is 0 Å². The van der Waals surface area contributed by atoms with Crippen LogP contribution in [-0.2, 0) is 20.7 Å². The monoisotopic (exact) mass is 274 g/mol. The van der Waals surface area contributed by atoms with Crippen LogP contribution in [0.2, 0.25) is 0 Å². The number of hydrogen-bond donors (Lipinski definition) is 1. The van der Waals surface area contributed by atoms with Crippen molar-refractivity contribution >= 4 is 17.7 Å². The summed E-state index contributed by atoms with van der Waals surface area (Å²) in [5.74, 6) is -2.17. The average molecular weight is 274 g/mol. The lowest BCUT2D eigenvalue weighted by molar-refractivity contribution is -0.163. The van der Waals surface area contributed by atoms with E-state index < -0.39 is 23.5 Å². The number of Topliss-reactive ketones (excluding diaryl/α,β-unsaturated/α-hetero) is 1. The van der Waals surface area contributed by atoms with Crippen LogP contribution < -0.4 is 0 Å². The van der Waals surface area contributed by atoms with E-state index in [1.54, 1.807) is 12.1 Å². The Bertz CT molecular complexity index is 600. The van der Waals surface area contributed by atoms with Crippen molar-refractivity contribution in [2.45, 2.75) is 31.8 Å². The number of carbonyl (C=O) groups excluding carboxylic acids is 2. The molecule has 1 atom stereocenters. The molecular formula is C15H14O5. The molecule has 0 saturated heterocycles. The first-order valence-electron chi connectivity index (χ1n) is 6.61. The van der Waals surface area contributed by atoms with Crippen LogP contribution in [-0.4, -0.2) is 28.9 Å². The summed E-state index contributed by atoms with van der Waals surface area (Å²) in [5, 5.41) is 9.04. The Hall–Kier alpha value is -2.17. The predicted molar refractivity (Wildman–Crippen MR) is 68.3 cm³/mol. The number of carbonyl (C=O) groups is 3. The summed E-state index contributed by atoms with van der Waals surface area (Å²) in [6.07, 6.45) is 0.795. The summed E-state index contributed by atoms with van der Waals surface area (Å²) in [7, 11) is 0. The first kappa shape index (κ1) is 12.8. The minimum absolute atomic E-state index is 0.235. The molecule has 0 radical (unpaired) electrons. The number of aliphatic carboxylic acids is 1. The van der Waals surface area contributed by atoms with Gasteiger partial charge < -0.3 is 9.84 Å². The Morgan fingerprint density at radius 2 is 1.95 bits per heavy atom. The largest absolute Gasteiger partial charge is 0.480 e. The number of ether oxygens (including phenoxy) is 1. The van der Waals surface area contributed by atoms with E-state index >= 15 is 0 Å². The van der Waals surface area contributed by atoms with Crippen molar-refractivity contribution in [2.75, 3.05) is 0 Å². The quantitative estimate of drug-likeness (QED) is 0.668. The molecule has 0 aromatic heterocycles. The van der Waals surface area contributed by atoms with Gasteiger partial charge in [-0.25, -0.2) is 0 Å². The van der Waals surface area contributed by atoms with E-state index in [9.17, 15) is 14.4 Å². The molecule has 0 spiro atoms. The van der Waals surface area contributed by atoms with Gasteiger partial charge in [-0.05, 0) is 31.2 Å². The lowest BCUT2D eigenvalue weighted by atomic mass is 9.88. The predicted octanol–water partition coefficient (Wildman–Crippen LogP) is 1.59. The first-order chi connectivity index (χ1) is 9.54. The SMILES string of the molecule is O=C1c2ccccc2CCC1OC(=O)C1(C(=O)O)CC1. The van der Waals surface area contributed by atoms with Gasteiger partial charge in [-0.2, -0.15) is 0 Å². The van der Waals surface area contributed by atoms with Crippen LogP contribution in [0, 0.1) is 5.41 Å². The third-order valence-electron chi connectivity index (χ3n) is 4.05. The highest BCUT2D eigenvalue weighted by atomic mass is 16.6. The number of carboxylic acid groups (broad SMARTS) is 1. The van der Waals surface area contributed by atoms with Crippen molar-refractivity contribution in [3.63, 3.8) is 0 Å². The summed E-state index contributed by atoms with van der Waals surface area (Å²) in [6, 6.07) is 7.22. The van der Waals surface area contributed by atoms with Crippen LogP contribution in [0.15, 0.2) is 24.3 Å². The first-order valence-corrected chi connectivity index (χ1v) is 6.61. The van der Waals surface area contributed by atoms with Gasteiger partial charge in [-0.1, -0.05) is 24.3 Å². The Morgan fingerprint density at radius 3 is 2.60 bits per heavy atom. The molecular weight excluding hydrogens is 260 g/mol. The fourth-order valence-electron chi connectivity index (χ4n) is 2.55. The van der Waals surface area contributed by atoms with Gasteiger partial charge in [0.05, 0.1) is 0 Å². The summed E-state index contributed by atoms with van der Waals surface area (Å²) >= 11 is 0. The molecule has 0 amide bonds. The molecule has 5 nitrogen and oxygen atoms in total. The Labute approximate surface area is 115 Å². The number of fused-ring (bicyclic) bond motifs is 1. The van der Waals surface area contributed by atoms with Crippen LogP contribution in [0.4, 0.5) is 0 Å². The van der Waals surface area contributed by atoms with Crippen molar-refractivity contribution in [2.24, 2.45) is 5.41 Å². The summed E-state index contributed by atoms with van der Waals surface area (Å²) < 4.78 is 5.18. The molecule has 0 heterocycles. The highest BCUT2D eigenvalue weighted by Gasteiger charge is 2.59. The molecule has 0 aliphatic heterocycles. The fraction of sp³-hybridized carbons (Fsp3) is 0.400. The second kappa shape index (κ2) is 4.44. The molecule has 3 rings (SSSR count). The number of hydrogen-bond acceptors (Lipinski definition) is 4. The number of aryl methyl sites for hydroxylation is 1. The molecule has 104 valence electrons. The fourth-order valence-corrected chi connectivity index (χ4v) is 2.55. The van der Waals surface area contributed by atoms with Gasteiger partial charge in [0, 0.05) is 5.56 Å². The molecule has 1 N–H and O–H groups in total. The van der Waals surface area contributed by atoms with Crippen LogP contribution in [0.3, 0.4) is 0 Å². The van der Waals surface area contributed by atoms with E-state index in [1.165, 1.54) is 0 Å². The summed E-state index contributed by atoms with van der Waals surface area (Å²) in [4.78, 5) is 35.2. The molecule has 1 unspecified atom stereocenters. The number of benzene rings is 1. The molecule has 20 heavy (non-hydrogen) atoms. The second-order valence-electron chi connectivity index (χ2n) is 5.34. The van der Waals surface area contributed by atoms with Crippen LogP contribution in [0.1, 0.15) is 35.2 Å². The van der Waals surface area contributed by atoms with E-state index in [0.29, 0.717) is 31.2 Å². The topological polar surface area (TPSA) is 80.7 Å². The van der Waals surface area contributed by atoms with Crippen molar-refractivity contribution < 1.29 is 24.2 Å². The van der Waals surface area contributed by atoms with Crippen molar-refractivity contribution in [3.05, 3.63) is 35.4 Å². The summed E-state index contributed by atoms with van der Waals surface area (Å²) in [5.41, 5.74) is 0.109. The van der Waals surface area contributed by atoms with Crippen LogP contribution in [0.5, 0.6) is 0 Å². The van der Waals surface area contributed by atoms with Crippen molar-refractivity contribution in [1.82, 2.24) is 0 Å². The Kier molecular flexibility index (Phi) is 2.85. The number of carboxylic acids is 1. The van der Waals surface area contributed by atoms with E-state index in [2.05, 4.69) is 0 Å². The van der Waals surface area contributed by atoms with Gasteiger partial charge in [0.1, 0.15) is 0 Å². The van der Waals surface area contributed by atoms with Gasteiger partial charge in [-0.15, -0.1) is 0 Å². The number of ketones is 1. The molecule has 1 fully saturated rings. The number of rotatable bonds is 3. The highest BCUT2D eigenvalue weighted by Crippen LogP contribution is 2.47. The maximum atomic E-state index is 12.2. The molecule has 1 saturated carbocycles. The van der Waals surface area contributed by atoms with E-state index in [1.807, 2.05) is 12.1 Å². The Balaban J connectivity index is 1.76. The lowest BCUT2D eigenvalue weighted by Crippen LogP contribution is -2.37. The minimum Gasteiger partial charge on any atom is -0.480 e. The molecule has 5 heteroatoms. The maximum Gasteiger partial charge on any atom is 0.324 e. The van der Waals surface area contributed by atoms with Gasteiger partial charge in [0.15, 0.2) is 11.5 Å². The zero-order chi connectivity index (χ0) is 14.3. The molecule has 2 aliphatic carbocycles. The van der Waals surface area contributed by atoms with Gasteiger partial charge >= 0.3 is 11.9 Å². The highest BCUT2D eigenvalue weighted by molar-refractivity contribution is 6.06. The average Bonchev–Trinajstić information content (AvgIpc) is 3.24. The third-order valence-corrected chi connectivity index (χ3v) is 4.05. The molecule has 0 bridgehead atoms. The van der Waals surface area contributed by atoms with Crippen LogP contribution >= 0.6 is 0 Å². The Morgan fingerprint density at radius 1 is 1.25 bits per heavy atom. The van der Waals surface area contributed by atoms with Gasteiger partial charge in [-0.3, -0.25) is 14.4 Å². The molecule has 1 aromatic rings. The van der Waals surface area contributed by atoms with Gasteiger partial charge in [0.2, 0.25) is 5.78 Å². The third kappa shape index (κ3) is 1.90. The zero-order valence-electron chi connectivity index (χ0n) is 10.8. The normalized spacial score (nSPS) is 22.8. The van der Waals surface area contributed by atoms with Gasteiger partial charge in [0.25, 0.3) is 0 Å².